The monoisotopic (exact) mass is 256 g/mol. The highest BCUT2D eigenvalue weighted by atomic mass is 16.5. The van der Waals surface area contributed by atoms with Gasteiger partial charge in [0.05, 0.1) is 6.61 Å². The molecule has 1 N–H and O–H groups in total. The van der Waals surface area contributed by atoms with Crippen LogP contribution in [0.3, 0.4) is 0 Å². The van der Waals surface area contributed by atoms with E-state index in [2.05, 4.69) is 44.8 Å². The molecule has 1 saturated heterocycles. The SMILES string of the molecule is CCOCCN1CC(CC)(CC)NCC1(C)CC. The summed E-state index contributed by atoms with van der Waals surface area (Å²) in [6.45, 7) is 16.3. The van der Waals surface area contributed by atoms with Gasteiger partial charge < -0.3 is 10.1 Å². The van der Waals surface area contributed by atoms with Gasteiger partial charge in [-0.2, -0.15) is 0 Å². The number of ether oxygens (including phenoxy) is 1. The summed E-state index contributed by atoms with van der Waals surface area (Å²) in [7, 11) is 0. The van der Waals surface area contributed by atoms with Gasteiger partial charge in [0, 0.05) is 37.3 Å². The predicted molar refractivity (Wildman–Crippen MR) is 78.1 cm³/mol. The molecule has 1 heterocycles. The van der Waals surface area contributed by atoms with Crippen LogP contribution in [0.15, 0.2) is 0 Å². The molecule has 0 amide bonds. The maximum atomic E-state index is 5.55. The third-order valence-corrected chi connectivity index (χ3v) is 4.93. The molecule has 0 spiro atoms. The van der Waals surface area contributed by atoms with Gasteiger partial charge in [0.15, 0.2) is 0 Å². The maximum absolute atomic E-state index is 5.55. The van der Waals surface area contributed by atoms with Crippen LogP contribution in [-0.4, -0.2) is 48.8 Å². The molecule has 1 rings (SSSR count). The highest BCUT2D eigenvalue weighted by molar-refractivity contribution is 5.02. The minimum Gasteiger partial charge on any atom is -0.380 e. The van der Waals surface area contributed by atoms with Crippen LogP contribution in [-0.2, 0) is 4.74 Å². The van der Waals surface area contributed by atoms with E-state index >= 15 is 0 Å². The van der Waals surface area contributed by atoms with Crippen LogP contribution >= 0.6 is 0 Å². The molecule has 3 nitrogen and oxygen atoms in total. The average molecular weight is 256 g/mol. The van der Waals surface area contributed by atoms with Crippen molar-refractivity contribution < 1.29 is 4.74 Å². The van der Waals surface area contributed by atoms with Crippen LogP contribution in [0.4, 0.5) is 0 Å². The molecule has 1 fully saturated rings. The van der Waals surface area contributed by atoms with E-state index in [-0.39, 0.29) is 5.54 Å². The lowest BCUT2D eigenvalue weighted by molar-refractivity contribution is -0.0103. The van der Waals surface area contributed by atoms with E-state index in [4.69, 9.17) is 4.74 Å². The first-order valence-electron chi connectivity index (χ1n) is 7.63. The Balaban J connectivity index is 2.70. The lowest BCUT2D eigenvalue weighted by Gasteiger charge is -2.53. The molecule has 0 bridgehead atoms. The van der Waals surface area contributed by atoms with Crippen molar-refractivity contribution in [3.8, 4) is 0 Å². The lowest BCUT2D eigenvalue weighted by atomic mass is 9.83. The molecule has 0 aliphatic carbocycles. The van der Waals surface area contributed by atoms with E-state index in [0.29, 0.717) is 5.54 Å². The molecule has 18 heavy (non-hydrogen) atoms. The Morgan fingerprint density at radius 1 is 1.11 bits per heavy atom. The van der Waals surface area contributed by atoms with Gasteiger partial charge in [-0.25, -0.2) is 0 Å². The molecule has 0 radical (unpaired) electrons. The number of rotatable bonds is 7. The summed E-state index contributed by atoms with van der Waals surface area (Å²) in [4.78, 5) is 2.64. The number of piperazine rings is 1. The van der Waals surface area contributed by atoms with Gasteiger partial charge >= 0.3 is 0 Å². The Morgan fingerprint density at radius 3 is 2.28 bits per heavy atom. The van der Waals surface area contributed by atoms with Crippen molar-refractivity contribution in [2.75, 3.05) is 32.8 Å². The molecule has 0 saturated carbocycles. The molecule has 1 aliphatic rings. The fourth-order valence-corrected chi connectivity index (χ4v) is 2.84. The van der Waals surface area contributed by atoms with E-state index in [1.165, 1.54) is 19.3 Å². The number of hydrogen-bond donors (Lipinski definition) is 1. The van der Waals surface area contributed by atoms with Crippen LogP contribution in [0.2, 0.25) is 0 Å². The van der Waals surface area contributed by atoms with Gasteiger partial charge in [-0.05, 0) is 33.1 Å². The molecule has 0 aromatic heterocycles. The van der Waals surface area contributed by atoms with Gasteiger partial charge in [0.2, 0.25) is 0 Å². The summed E-state index contributed by atoms with van der Waals surface area (Å²) >= 11 is 0. The minimum atomic E-state index is 0.283. The molecule has 0 aromatic rings. The van der Waals surface area contributed by atoms with Crippen molar-refractivity contribution in [3.63, 3.8) is 0 Å². The van der Waals surface area contributed by atoms with E-state index in [9.17, 15) is 0 Å². The lowest BCUT2D eigenvalue weighted by Crippen LogP contribution is -2.69. The number of hydrogen-bond acceptors (Lipinski definition) is 3. The highest BCUT2D eigenvalue weighted by Crippen LogP contribution is 2.29. The molecular formula is C15H32N2O. The van der Waals surface area contributed by atoms with E-state index in [1.807, 2.05) is 0 Å². The zero-order valence-electron chi connectivity index (χ0n) is 13.0. The minimum absolute atomic E-state index is 0.283. The fourth-order valence-electron chi connectivity index (χ4n) is 2.84. The second-order valence-electron chi connectivity index (χ2n) is 5.81. The largest absolute Gasteiger partial charge is 0.380 e. The molecule has 1 unspecified atom stereocenters. The van der Waals surface area contributed by atoms with E-state index in [0.717, 1.165) is 32.8 Å². The molecule has 0 aromatic carbocycles. The fraction of sp³-hybridized carbons (Fsp3) is 1.00. The highest BCUT2D eigenvalue weighted by Gasteiger charge is 2.41. The average Bonchev–Trinajstić information content (AvgIpc) is 2.41. The normalized spacial score (nSPS) is 28.5. The van der Waals surface area contributed by atoms with Crippen molar-refractivity contribution in [2.24, 2.45) is 0 Å². The van der Waals surface area contributed by atoms with Gasteiger partial charge in [-0.3, -0.25) is 4.90 Å². The van der Waals surface area contributed by atoms with Crippen LogP contribution < -0.4 is 5.32 Å². The topological polar surface area (TPSA) is 24.5 Å². The Morgan fingerprint density at radius 2 is 1.78 bits per heavy atom. The van der Waals surface area contributed by atoms with Crippen molar-refractivity contribution in [2.45, 2.75) is 65.0 Å². The van der Waals surface area contributed by atoms with E-state index in [1.54, 1.807) is 0 Å². The second-order valence-corrected chi connectivity index (χ2v) is 5.81. The standard InChI is InChI=1S/C15H32N2O/c1-6-14(5)12-16-15(7-2,8-3)13-17(14)10-11-18-9-4/h16H,6-13H2,1-5H3. The van der Waals surface area contributed by atoms with Crippen LogP contribution in [0.1, 0.15) is 53.9 Å². The summed E-state index contributed by atoms with van der Waals surface area (Å²) in [6, 6.07) is 0. The first-order chi connectivity index (χ1) is 8.55. The zero-order valence-corrected chi connectivity index (χ0v) is 13.0. The quantitative estimate of drug-likeness (QED) is 0.709. The third-order valence-electron chi connectivity index (χ3n) is 4.93. The first kappa shape index (κ1) is 15.9. The smallest absolute Gasteiger partial charge is 0.0593 e. The van der Waals surface area contributed by atoms with Crippen molar-refractivity contribution in [3.05, 3.63) is 0 Å². The summed E-state index contributed by atoms with van der Waals surface area (Å²) < 4.78 is 5.55. The van der Waals surface area contributed by atoms with Gasteiger partial charge in [-0.1, -0.05) is 20.8 Å². The Kier molecular flexibility index (Phi) is 6.09. The van der Waals surface area contributed by atoms with Gasteiger partial charge in [0.25, 0.3) is 0 Å². The summed E-state index contributed by atoms with van der Waals surface area (Å²) in [5.41, 5.74) is 0.589. The summed E-state index contributed by atoms with van der Waals surface area (Å²) in [5, 5.41) is 3.81. The van der Waals surface area contributed by atoms with Crippen LogP contribution in [0.5, 0.6) is 0 Å². The Hall–Kier alpha value is -0.120. The van der Waals surface area contributed by atoms with Gasteiger partial charge in [0.1, 0.15) is 0 Å². The summed E-state index contributed by atoms with van der Waals surface area (Å²) in [5.74, 6) is 0. The van der Waals surface area contributed by atoms with Crippen LogP contribution in [0, 0.1) is 0 Å². The van der Waals surface area contributed by atoms with Crippen LogP contribution in [0.25, 0.3) is 0 Å². The predicted octanol–water partition coefficient (Wildman–Crippen LogP) is 2.66. The van der Waals surface area contributed by atoms with Gasteiger partial charge in [-0.15, -0.1) is 0 Å². The zero-order chi connectivity index (χ0) is 13.6. The Bertz CT molecular complexity index is 241. The van der Waals surface area contributed by atoms with Crippen molar-refractivity contribution in [1.82, 2.24) is 10.2 Å². The molecular weight excluding hydrogens is 224 g/mol. The van der Waals surface area contributed by atoms with Crippen molar-refractivity contribution in [1.29, 1.82) is 0 Å². The van der Waals surface area contributed by atoms with E-state index < -0.39 is 0 Å². The molecule has 1 aliphatic heterocycles. The maximum Gasteiger partial charge on any atom is 0.0593 e. The molecule has 1 atom stereocenters. The third kappa shape index (κ3) is 3.46. The number of nitrogens with zero attached hydrogens (tertiary/aromatic N) is 1. The molecule has 108 valence electrons. The number of nitrogens with one attached hydrogen (secondary N) is 1. The molecule has 3 heteroatoms. The van der Waals surface area contributed by atoms with Crippen molar-refractivity contribution >= 4 is 0 Å². The first-order valence-corrected chi connectivity index (χ1v) is 7.63. The Labute approximate surface area is 113 Å². The second kappa shape index (κ2) is 6.88. The summed E-state index contributed by atoms with van der Waals surface area (Å²) in [6.07, 6.45) is 3.60.